The first kappa shape index (κ1) is 14.7. The molecule has 2 aliphatic heterocycles. The highest BCUT2D eigenvalue weighted by atomic mass is 16.7. The molecule has 24 heavy (non-hydrogen) atoms. The van der Waals surface area contributed by atoms with Gasteiger partial charge in [-0.05, 0) is 49.4 Å². The van der Waals surface area contributed by atoms with E-state index in [9.17, 15) is 0 Å². The molecular formula is C19H17NO4. The zero-order valence-corrected chi connectivity index (χ0v) is 13.3. The molecule has 122 valence electrons. The fourth-order valence-corrected chi connectivity index (χ4v) is 2.67. The number of hydrogen-bond donors (Lipinski definition) is 1. The van der Waals surface area contributed by atoms with Crippen LogP contribution in [0.3, 0.4) is 0 Å². The van der Waals surface area contributed by atoms with E-state index in [1.807, 2.05) is 43.4 Å². The van der Waals surface area contributed by atoms with Crippen LogP contribution < -0.4 is 24.3 Å². The van der Waals surface area contributed by atoms with Crippen molar-refractivity contribution in [3.63, 3.8) is 0 Å². The summed E-state index contributed by atoms with van der Waals surface area (Å²) in [5, 5.41) is 3.24. The van der Waals surface area contributed by atoms with Crippen LogP contribution in [0.5, 0.6) is 23.0 Å². The quantitative estimate of drug-likeness (QED) is 0.879. The van der Waals surface area contributed by atoms with Gasteiger partial charge in [0.15, 0.2) is 23.0 Å². The lowest BCUT2D eigenvalue weighted by molar-refractivity contribution is 0.173. The van der Waals surface area contributed by atoms with E-state index in [-0.39, 0.29) is 19.6 Å². The minimum absolute atomic E-state index is 0.0378. The van der Waals surface area contributed by atoms with Crippen molar-refractivity contribution in [1.82, 2.24) is 5.32 Å². The standard InChI is InChI=1S/C19H17NO4/c1-20-15(8-14-4-7-17-19(10-14)24-12-22-17)5-2-13-3-6-16-18(9-13)23-11-21-16/h3-4,6-7,9-10,15,20H,8,11-12H2,1H3. The fraction of sp³-hybridized carbons (Fsp3) is 0.263. The van der Waals surface area contributed by atoms with Gasteiger partial charge in [0.1, 0.15) is 0 Å². The van der Waals surface area contributed by atoms with E-state index in [1.54, 1.807) is 0 Å². The van der Waals surface area contributed by atoms with Crippen LogP contribution in [-0.4, -0.2) is 26.7 Å². The maximum Gasteiger partial charge on any atom is 0.231 e. The molecule has 0 amide bonds. The summed E-state index contributed by atoms with van der Waals surface area (Å²) >= 11 is 0. The summed E-state index contributed by atoms with van der Waals surface area (Å²) in [6.07, 6.45) is 0.782. The van der Waals surface area contributed by atoms with Gasteiger partial charge in [-0.15, -0.1) is 0 Å². The summed E-state index contributed by atoms with van der Waals surface area (Å²) in [4.78, 5) is 0. The minimum Gasteiger partial charge on any atom is -0.454 e. The fourth-order valence-electron chi connectivity index (χ4n) is 2.67. The van der Waals surface area contributed by atoms with Gasteiger partial charge in [-0.3, -0.25) is 0 Å². The zero-order valence-electron chi connectivity index (χ0n) is 13.3. The van der Waals surface area contributed by atoms with E-state index >= 15 is 0 Å². The number of likely N-dealkylation sites (N-methyl/N-ethyl adjacent to an activating group) is 1. The van der Waals surface area contributed by atoms with E-state index in [1.165, 1.54) is 0 Å². The number of rotatable bonds is 3. The van der Waals surface area contributed by atoms with Crippen molar-refractivity contribution >= 4 is 0 Å². The third kappa shape index (κ3) is 2.97. The van der Waals surface area contributed by atoms with E-state index in [2.05, 4.69) is 17.2 Å². The molecule has 2 aromatic rings. The molecule has 2 aliphatic rings. The average molecular weight is 323 g/mol. The van der Waals surface area contributed by atoms with Crippen LogP contribution in [0.15, 0.2) is 36.4 Å². The Labute approximate surface area is 140 Å². The molecule has 0 aliphatic carbocycles. The second kappa shape index (κ2) is 6.34. The average Bonchev–Trinajstić information content (AvgIpc) is 3.26. The molecular weight excluding hydrogens is 306 g/mol. The maximum atomic E-state index is 5.42. The van der Waals surface area contributed by atoms with Crippen LogP contribution in [0.1, 0.15) is 11.1 Å². The summed E-state index contributed by atoms with van der Waals surface area (Å²) < 4.78 is 21.5. The van der Waals surface area contributed by atoms with Gasteiger partial charge in [0, 0.05) is 5.56 Å². The number of fused-ring (bicyclic) bond motifs is 2. The van der Waals surface area contributed by atoms with E-state index in [4.69, 9.17) is 18.9 Å². The maximum absolute atomic E-state index is 5.42. The van der Waals surface area contributed by atoms with Crippen molar-refractivity contribution in [2.45, 2.75) is 12.5 Å². The van der Waals surface area contributed by atoms with Gasteiger partial charge in [-0.2, -0.15) is 0 Å². The lowest BCUT2D eigenvalue weighted by atomic mass is 10.1. The lowest BCUT2D eigenvalue weighted by Gasteiger charge is -2.10. The first-order valence-electron chi connectivity index (χ1n) is 7.79. The predicted octanol–water partition coefficient (Wildman–Crippen LogP) is 2.33. The first-order valence-corrected chi connectivity index (χ1v) is 7.79. The third-order valence-electron chi connectivity index (χ3n) is 3.99. The Kier molecular flexibility index (Phi) is 3.89. The number of benzene rings is 2. The smallest absolute Gasteiger partial charge is 0.231 e. The molecule has 0 fully saturated rings. The minimum atomic E-state index is 0.0378. The summed E-state index contributed by atoms with van der Waals surface area (Å²) in [5.74, 6) is 9.57. The van der Waals surface area contributed by atoms with Crippen molar-refractivity contribution < 1.29 is 18.9 Å². The van der Waals surface area contributed by atoms with Crippen LogP contribution in [-0.2, 0) is 6.42 Å². The van der Waals surface area contributed by atoms with Crippen molar-refractivity contribution in [2.75, 3.05) is 20.6 Å². The number of hydrogen-bond acceptors (Lipinski definition) is 5. The number of nitrogens with one attached hydrogen (secondary N) is 1. The highest BCUT2D eigenvalue weighted by Gasteiger charge is 2.15. The second-order valence-electron chi connectivity index (χ2n) is 5.57. The zero-order chi connectivity index (χ0) is 16.4. The van der Waals surface area contributed by atoms with Crippen molar-refractivity contribution in [1.29, 1.82) is 0 Å². The normalized spacial score (nSPS) is 14.9. The highest BCUT2D eigenvalue weighted by Crippen LogP contribution is 2.33. The van der Waals surface area contributed by atoms with Gasteiger partial charge in [0.25, 0.3) is 0 Å². The monoisotopic (exact) mass is 323 g/mol. The largest absolute Gasteiger partial charge is 0.454 e. The van der Waals surface area contributed by atoms with E-state index in [0.717, 1.165) is 40.5 Å². The van der Waals surface area contributed by atoms with Crippen LogP contribution in [0, 0.1) is 11.8 Å². The van der Waals surface area contributed by atoms with Crippen LogP contribution in [0.2, 0.25) is 0 Å². The van der Waals surface area contributed by atoms with E-state index < -0.39 is 0 Å². The SMILES string of the molecule is CNC(C#Cc1ccc2c(c1)OCO2)Cc1ccc2c(c1)OCO2. The summed E-state index contributed by atoms with van der Waals surface area (Å²) in [6, 6.07) is 11.8. The first-order chi connectivity index (χ1) is 11.8. The Bertz CT molecular complexity index is 822. The Balaban J connectivity index is 1.48. The van der Waals surface area contributed by atoms with Gasteiger partial charge in [-0.25, -0.2) is 0 Å². The Hall–Kier alpha value is -2.84. The lowest BCUT2D eigenvalue weighted by Crippen LogP contribution is -2.25. The predicted molar refractivity (Wildman–Crippen MR) is 88.6 cm³/mol. The molecule has 0 bridgehead atoms. The molecule has 4 rings (SSSR count). The molecule has 0 aromatic heterocycles. The molecule has 0 radical (unpaired) electrons. The summed E-state index contributed by atoms with van der Waals surface area (Å²) in [5.41, 5.74) is 2.06. The third-order valence-corrected chi connectivity index (χ3v) is 3.99. The Morgan fingerprint density at radius 3 is 2.33 bits per heavy atom. The number of ether oxygens (including phenoxy) is 4. The second-order valence-corrected chi connectivity index (χ2v) is 5.57. The molecule has 1 N–H and O–H groups in total. The van der Waals surface area contributed by atoms with Gasteiger partial charge >= 0.3 is 0 Å². The van der Waals surface area contributed by atoms with Crippen molar-refractivity contribution in [3.8, 4) is 34.8 Å². The van der Waals surface area contributed by atoms with Crippen molar-refractivity contribution in [3.05, 3.63) is 47.5 Å². The molecule has 2 heterocycles. The van der Waals surface area contributed by atoms with Crippen molar-refractivity contribution in [2.24, 2.45) is 0 Å². The van der Waals surface area contributed by atoms with Gasteiger partial charge in [-0.1, -0.05) is 17.9 Å². The van der Waals surface area contributed by atoms with Crippen LogP contribution >= 0.6 is 0 Å². The molecule has 0 spiro atoms. The highest BCUT2D eigenvalue weighted by molar-refractivity contribution is 5.50. The molecule has 1 unspecified atom stereocenters. The molecule has 1 atom stereocenters. The van der Waals surface area contributed by atoms with Gasteiger partial charge < -0.3 is 24.3 Å². The summed E-state index contributed by atoms with van der Waals surface area (Å²) in [6.45, 7) is 0.563. The topological polar surface area (TPSA) is 49.0 Å². The van der Waals surface area contributed by atoms with E-state index in [0.29, 0.717) is 0 Å². The molecule has 5 nitrogen and oxygen atoms in total. The Morgan fingerprint density at radius 1 is 0.917 bits per heavy atom. The van der Waals surface area contributed by atoms with Gasteiger partial charge in [0.2, 0.25) is 13.6 Å². The van der Waals surface area contributed by atoms with Crippen LogP contribution in [0.25, 0.3) is 0 Å². The molecule has 5 heteroatoms. The molecule has 2 aromatic carbocycles. The Morgan fingerprint density at radius 2 is 1.58 bits per heavy atom. The van der Waals surface area contributed by atoms with Crippen LogP contribution in [0.4, 0.5) is 0 Å². The summed E-state index contributed by atoms with van der Waals surface area (Å²) in [7, 11) is 1.91. The molecule has 0 saturated carbocycles. The molecule has 0 saturated heterocycles. The van der Waals surface area contributed by atoms with Gasteiger partial charge in [0.05, 0.1) is 6.04 Å².